The molecular weight excluding hydrogens is 348 g/mol. The van der Waals surface area contributed by atoms with Crippen molar-refractivity contribution in [1.82, 2.24) is 0 Å². The Morgan fingerprint density at radius 1 is 0.857 bits per heavy atom. The summed E-state index contributed by atoms with van der Waals surface area (Å²) in [5.41, 5.74) is 2.27. The number of rotatable bonds is 3. The summed E-state index contributed by atoms with van der Waals surface area (Å²) in [7, 11) is 0. The normalized spacial score (nSPS) is 13.3. The second-order valence-corrected chi connectivity index (χ2v) is 6.25. The van der Waals surface area contributed by atoms with Crippen LogP contribution in [0.25, 0.3) is 0 Å². The number of hydrogen-bond donors (Lipinski definition) is 0. The standard InChI is InChI=1S/C16H13Cl4N/c1-9(15-11(17)5-3-6-12(15)18)21-10(2)16-13(19)7-4-8-14(16)20/h3-9H,1-2H3. The lowest BCUT2D eigenvalue weighted by molar-refractivity contribution is 0.820. The van der Waals surface area contributed by atoms with Crippen molar-refractivity contribution >= 4 is 52.1 Å². The SMILES string of the molecule is CC(=NC(C)c1c(Cl)cccc1Cl)c1c(Cl)cccc1Cl. The first kappa shape index (κ1) is 16.6. The topological polar surface area (TPSA) is 12.4 Å². The van der Waals surface area contributed by atoms with E-state index in [1.165, 1.54) is 0 Å². The van der Waals surface area contributed by atoms with Gasteiger partial charge < -0.3 is 0 Å². The van der Waals surface area contributed by atoms with E-state index in [0.717, 1.165) is 16.8 Å². The van der Waals surface area contributed by atoms with Crippen molar-refractivity contribution in [3.05, 3.63) is 67.6 Å². The van der Waals surface area contributed by atoms with E-state index in [4.69, 9.17) is 46.4 Å². The third-order valence-corrected chi connectivity index (χ3v) is 4.42. The molecule has 0 aliphatic heterocycles. The Bertz CT molecular complexity index is 654. The van der Waals surface area contributed by atoms with Gasteiger partial charge in [0.15, 0.2) is 0 Å². The van der Waals surface area contributed by atoms with Crippen LogP contribution in [0.3, 0.4) is 0 Å². The fraction of sp³-hybridized carbons (Fsp3) is 0.188. The maximum absolute atomic E-state index is 6.21. The molecule has 0 aromatic heterocycles. The van der Waals surface area contributed by atoms with Crippen LogP contribution in [0.4, 0.5) is 0 Å². The zero-order valence-corrected chi connectivity index (χ0v) is 14.5. The predicted molar refractivity (Wildman–Crippen MR) is 93.6 cm³/mol. The van der Waals surface area contributed by atoms with Gasteiger partial charge in [0.05, 0.1) is 16.1 Å². The van der Waals surface area contributed by atoms with Crippen molar-refractivity contribution in [3.63, 3.8) is 0 Å². The molecule has 5 heteroatoms. The first-order valence-electron chi connectivity index (χ1n) is 6.34. The van der Waals surface area contributed by atoms with E-state index >= 15 is 0 Å². The molecular formula is C16H13Cl4N. The first-order valence-corrected chi connectivity index (χ1v) is 7.85. The van der Waals surface area contributed by atoms with Gasteiger partial charge in [0.1, 0.15) is 0 Å². The highest BCUT2D eigenvalue weighted by Crippen LogP contribution is 2.33. The maximum atomic E-state index is 6.21. The lowest BCUT2D eigenvalue weighted by Gasteiger charge is -2.14. The summed E-state index contributed by atoms with van der Waals surface area (Å²) in [4.78, 5) is 4.64. The molecule has 0 bridgehead atoms. The predicted octanol–water partition coefficient (Wildman–Crippen LogP) is 6.87. The van der Waals surface area contributed by atoms with E-state index in [2.05, 4.69) is 4.99 Å². The van der Waals surface area contributed by atoms with E-state index in [9.17, 15) is 0 Å². The van der Waals surface area contributed by atoms with Gasteiger partial charge in [-0.2, -0.15) is 0 Å². The average molecular weight is 361 g/mol. The molecule has 1 unspecified atom stereocenters. The summed E-state index contributed by atoms with van der Waals surface area (Å²) < 4.78 is 0. The van der Waals surface area contributed by atoms with Crippen LogP contribution < -0.4 is 0 Å². The Morgan fingerprint density at radius 3 is 1.76 bits per heavy atom. The third kappa shape index (κ3) is 3.73. The highest BCUT2D eigenvalue weighted by molar-refractivity contribution is 6.40. The zero-order chi connectivity index (χ0) is 15.6. The van der Waals surface area contributed by atoms with E-state index in [0.29, 0.717) is 20.1 Å². The van der Waals surface area contributed by atoms with Crippen molar-refractivity contribution in [2.24, 2.45) is 4.99 Å². The Labute approximate surface area is 144 Å². The maximum Gasteiger partial charge on any atom is 0.0753 e. The first-order chi connectivity index (χ1) is 9.91. The van der Waals surface area contributed by atoms with Gasteiger partial charge in [0.2, 0.25) is 0 Å². The minimum absolute atomic E-state index is 0.196. The molecule has 0 saturated carbocycles. The van der Waals surface area contributed by atoms with Gasteiger partial charge >= 0.3 is 0 Å². The molecule has 21 heavy (non-hydrogen) atoms. The average Bonchev–Trinajstić information content (AvgIpc) is 2.38. The minimum Gasteiger partial charge on any atom is -0.281 e. The molecule has 0 aliphatic carbocycles. The van der Waals surface area contributed by atoms with Gasteiger partial charge in [-0.25, -0.2) is 0 Å². The van der Waals surface area contributed by atoms with E-state index < -0.39 is 0 Å². The van der Waals surface area contributed by atoms with E-state index in [1.54, 1.807) is 30.3 Å². The number of aliphatic imine (C=N–C) groups is 1. The molecule has 0 amide bonds. The molecule has 0 N–H and O–H groups in total. The Balaban J connectivity index is 2.44. The molecule has 2 rings (SSSR count). The zero-order valence-electron chi connectivity index (χ0n) is 11.5. The molecule has 2 aromatic carbocycles. The van der Waals surface area contributed by atoms with Gasteiger partial charge in [0, 0.05) is 26.9 Å². The van der Waals surface area contributed by atoms with Gasteiger partial charge in [0.25, 0.3) is 0 Å². The monoisotopic (exact) mass is 359 g/mol. The van der Waals surface area contributed by atoms with Crippen molar-refractivity contribution in [2.45, 2.75) is 19.9 Å². The lowest BCUT2D eigenvalue weighted by Crippen LogP contribution is -2.02. The smallest absolute Gasteiger partial charge is 0.0753 e. The minimum atomic E-state index is -0.196. The van der Waals surface area contributed by atoms with E-state index in [-0.39, 0.29) is 6.04 Å². The molecule has 0 aliphatic rings. The van der Waals surface area contributed by atoms with Crippen LogP contribution in [0.15, 0.2) is 41.4 Å². The van der Waals surface area contributed by atoms with Crippen LogP contribution in [0.2, 0.25) is 20.1 Å². The quantitative estimate of drug-likeness (QED) is 0.529. The van der Waals surface area contributed by atoms with Crippen LogP contribution in [-0.2, 0) is 0 Å². The highest BCUT2D eigenvalue weighted by Gasteiger charge is 2.15. The lowest BCUT2D eigenvalue weighted by atomic mass is 10.1. The van der Waals surface area contributed by atoms with Crippen LogP contribution in [0.1, 0.15) is 31.0 Å². The molecule has 0 spiro atoms. The number of hydrogen-bond acceptors (Lipinski definition) is 1. The largest absolute Gasteiger partial charge is 0.281 e. The molecule has 0 radical (unpaired) electrons. The molecule has 0 heterocycles. The van der Waals surface area contributed by atoms with Gasteiger partial charge in [-0.15, -0.1) is 0 Å². The van der Waals surface area contributed by atoms with Crippen LogP contribution in [0, 0.1) is 0 Å². The molecule has 2 aromatic rings. The highest BCUT2D eigenvalue weighted by atomic mass is 35.5. The Hall–Kier alpha value is -0.730. The Kier molecular flexibility index (Phi) is 5.56. The van der Waals surface area contributed by atoms with Crippen molar-refractivity contribution in [2.75, 3.05) is 0 Å². The summed E-state index contributed by atoms with van der Waals surface area (Å²) in [5.74, 6) is 0. The molecule has 1 atom stereocenters. The summed E-state index contributed by atoms with van der Waals surface area (Å²) in [5, 5.41) is 2.33. The summed E-state index contributed by atoms with van der Waals surface area (Å²) in [6, 6.07) is 10.6. The Morgan fingerprint density at radius 2 is 1.29 bits per heavy atom. The van der Waals surface area contributed by atoms with Crippen molar-refractivity contribution < 1.29 is 0 Å². The number of nitrogens with zero attached hydrogens (tertiary/aromatic N) is 1. The van der Waals surface area contributed by atoms with Gasteiger partial charge in [-0.05, 0) is 38.1 Å². The second-order valence-electron chi connectivity index (χ2n) is 4.62. The molecule has 0 fully saturated rings. The summed E-state index contributed by atoms with van der Waals surface area (Å²) in [6.07, 6.45) is 0. The van der Waals surface area contributed by atoms with E-state index in [1.807, 2.05) is 19.9 Å². The van der Waals surface area contributed by atoms with Gasteiger partial charge in [-0.3, -0.25) is 4.99 Å². The third-order valence-electron chi connectivity index (χ3n) is 3.13. The summed E-state index contributed by atoms with van der Waals surface area (Å²) in [6.45, 7) is 3.80. The van der Waals surface area contributed by atoms with Gasteiger partial charge in [-0.1, -0.05) is 58.5 Å². The summed E-state index contributed by atoms with van der Waals surface area (Å²) >= 11 is 24.8. The molecule has 1 nitrogen and oxygen atoms in total. The van der Waals surface area contributed by atoms with Crippen molar-refractivity contribution in [1.29, 1.82) is 0 Å². The molecule has 0 saturated heterocycles. The second kappa shape index (κ2) is 7.02. The number of benzene rings is 2. The van der Waals surface area contributed by atoms with Crippen LogP contribution in [0.5, 0.6) is 0 Å². The van der Waals surface area contributed by atoms with Crippen molar-refractivity contribution in [3.8, 4) is 0 Å². The van der Waals surface area contributed by atoms with Crippen LogP contribution in [-0.4, -0.2) is 5.71 Å². The fourth-order valence-electron chi connectivity index (χ4n) is 2.17. The van der Waals surface area contributed by atoms with Crippen LogP contribution >= 0.6 is 46.4 Å². The molecule has 110 valence electrons. The number of halogens is 4. The fourth-order valence-corrected chi connectivity index (χ4v) is 3.56.